The van der Waals surface area contributed by atoms with Gasteiger partial charge in [0.25, 0.3) is 0 Å². The van der Waals surface area contributed by atoms with Gasteiger partial charge in [-0.15, -0.1) is 11.3 Å². The SMILES string of the molecule is COc1ccc(-c2nc(CN(C)Cc3ccc(Cl)cc3)cs2)cc1OC. The summed E-state index contributed by atoms with van der Waals surface area (Å²) in [6, 6.07) is 13.8. The number of methoxy groups -OCH3 is 2. The third-order valence-corrected chi connectivity index (χ3v) is 5.17. The van der Waals surface area contributed by atoms with Gasteiger partial charge in [-0.25, -0.2) is 4.98 Å². The molecule has 3 aromatic rings. The second kappa shape index (κ2) is 8.54. The van der Waals surface area contributed by atoms with Crippen LogP contribution in [0.2, 0.25) is 5.02 Å². The van der Waals surface area contributed by atoms with Crippen LogP contribution in [0.4, 0.5) is 0 Å². The number of benzene rings is 2. The van der Waals surface area contributed by atoms with Crippen molar-refractivity contribution in [2.45, 2.75) is 13.1 Å². The standard InChI is InChI=1S/C20H21ClN2O2S/c1-23(11-14-4-7-16(21)8-5-14)12-17-13-26-20(22-17)15-6-9-18(24-2)19(10-15)25-3/h4-10,13H,11-12H2,1-3H3. The molecule has 0 amide bonds. The first-order chi connectivity index (χ1) is 12.6. The molecule has 0 saturated carbocycles. The summed E-state index contributed by atoms with van der Waals surface area (Å²) in [6.07, 6.45) is 0. The minimum absolute atomic E-state index is 0.710. The van der Waals surface area contributed by atoms with Gasteiger partial charge >= 0.3 is 0 Å². The smallest absolute Gasteiger partial charge is 0.161 e. The summed E-state index contributed by atoms with van der Waals surface area (Å²) in [6.45, 7) is 1.63. The van der Waals surface area contributed by atoms with E-state index < -0.39 is 0 Å². The van der Waals surface area contributed by atoms with Gasteiger partial charge in [-0.3, -0.25) is 4.90 Å². The Morgan fingerprint density at radius 2 is 1.73 bits per heavy atom. The molecule has 6 heteroatoms. The van der Waals surface area contributed by atoms with Crippen LogP contribution in [0.1, 0.15) is 11.3 Å². The first kappa shape index (κ1) is 18.7. The Bertz CT molecular complexity index is 865. The first-order valence-electron chi connectivity index (χ1n) is 8.19. The predicted octanol–water partition coefficient (Wildman–Crippen LogP) is 5.11. The van der Waals surface area contributed by atoms with E-state index in [0.717, 1.165) is 40.1 Å². The molecule has 0 unspecified atom stereocenters. The molecule has 0 aliphatic rings. The van der Waals surface area contributed by atoms with E-state index in [1.165, 1.54) is 5.56 Å². The lowest BCUT2D eigenvalue weighted by Crippen LogP contribution is -2.17. The van der Waals surface area contributed by atoms with Crippen LogP contribution in [0.15, 0.2) is 47.8 Å². The Kier molecular flexibility index (Phi) is 6.14. The van der Waals surface area contributed by atoms with Gasteiger partial charge in [-0.1, -0.05) is 23.7 Å². The summed E-state index contributed by atoms with van der Waals surface area (Å²) in [4.78, 5) is 7.00. The van der Waals surface area contributed by atoms with Crippen LogP contribution in [0.3, 0.4) is 0 Å². The fraction of sp³-hybridized carbons (Fsp3) is 0.250. The molecule has 1 heterocycles. The highest BCUT2D eigenvalue weighted by molar-refractivity contribution is 7.13. The number of hydrogen-bond acceptors (Lipinski definition) is 5. The van der Waals surface area contributed by atoms with Crippen LogP contribution in [-0.2, 0) is 13.1 Å². The van der Waals surface area contributed by atoms with Crippen molar-refractivity contribution in [2.75, 3.05) is 21.3 Å². The fourth-order valence-electron chi connectivity index (χ4n) is 2.72. The first-order valence-corrected chi connectivity index (χ1v) is 9.44. The predicted molar refractivity (Wildman–Crippen MR) is 107 cm³/mol. The summed E-state index contributed by atoms with van der Waals surface area (Å²) in [5, 5.41) is 3.83. The van der Waals surface area contributed by atoms with Crippen LogP contribution in [0.25, 0.3) is 10.6 Å². The quantitative estimate of drug-likeness (QED) is 0.563. The van der Waals surface area contributed by atoms with Gasteiger partial charge < -0.3 is 9.47 Å². The molecule has 2 aromatic carbocycles. The molecule has 4 nitrogen and oxygen atoms in total. The molecule has 0 radical (unpaired) electrons. The normalized spacial score (nSPS) is 11.0. The molecule has 0 saturated heterocycles. The summed E-state index contributed by atoms with van der Waals surface area (Å²) in [5.74, 6) is 1.43. The minimum Gasteiger partial charge on any atom is -0.493 e. The Morgan fingerprint density at radius 1 is 1.00 bits per heavy atom. The van der Waals surface area contributed by atoms with E-state index in [1.54, 1.807) is 25.6 Å². The molecule has 0 aliphatic carbocycles. The van der Waals surface area contributed by atoms with Crippen LogP contribution < -0.4 is 9.47 Å². The van der Waals surface area contributed by atoms with Crippen molar-refractivity contribution >= 4 is 22.9 Å². The third-order valence-electron chi connectivity index (χ3n) is 3.98. The van der Waals surface area contributed by atoms with Gasteiger partial charge in [0.15, 0.2) is 11.5 Å². The number of aromatic nitrogens is 1. The Balaban J connectivity index is 1.68. The zero-order valence-corrected chi connectivity index (χ0v) is 16.6. The molecule has 0 bridgehead atoms. The average Bonchev–Trinajstić information content (AvgIpc) is 3.11. The maximum atomic E-state index is 5.94. The van der Waals surface area contributed by atoms with E-state index in [0.29, 0.717) is 5.75 Å². The monoisotopic (exact) mass is 388 g/mol. The molecule has 1 aromatic heterocycles. The zero-order valence-electron chi connectivity index (χ0n) is 15.0. The third kappa shape index (κ3) is 4.55. The number of thiazole rings is 1. The van der Waals surface area contributed by atoms with Gasteiger partial charge in [0.2, 0.25) is 0 Å². The van der Waals surface area contributed by atoms with Crippen LogP contribution in [0.5, 0.6) is 11.5 Å². The summed E-state index contributed by atoms with van der Waals surface area (Å²) >= 11 is 7.57. The number of ether oxygens (including phenoxy) is 2. The molecule has 0 spiro atoms. The van der Waals surface area contributed by atoms with Crippen molar-refractivity contribution < 1.29 is 9.47 Å². The van der Waals surface area contributed by atoms with Crippen LogP contribution in [-0.4, -0.2) is 31.2 Å². The van der Waals surface area contributed by atoms with Crippen molar-refractivity contribution in [1.29, 1.82) is 0 Å². The fourth-order valence-corrected chi connectivity index (χ4v) is 3.65. The van der Waals surface area contributed by atoms with Crippen LogP contribution in [0, 0.1) is 0 Å². The van der Waals surface area contributed by atoms with E-state index in [1.807, 2.05) is 30.3 Å². The highest BCUT2D eigenvalue weighted by atomic mass is 35.5. The molecular weight excluding hydrogens is 368 g/mol. The number of nitrogens with zero attached hydrogens (tertiary/aromatic N) is 2. The van der Waals surface area contributed by atoms with E-state index >= 15 is 0 Å². The lowest BCUT2D eigenvalue weighted by atomic mass is 10.2. The van der Waals surface area contributed by atoms with Crippen molar-refractivity contribution in [1.82, 2.24) is 9.88 Å². The Morgan fingerprint density at radius 3 is 2.42 bits per heavy atom. The van der Waals surface area contributed by atoms with Crippen LogP contribution >= 0.6 is 22.9 Å². The van der Waals surface area contributed by atoms with Gasteiger partial charge in [-0.2, -0.15) is 0 Å². The van der Waals surface area contributed by atoms with Gasteiger partial charge in [0, 0.05) is 29.1 Å². The molecule has 0 aliphatic heterocycles. The maximum Gasteiger partial charge on any atom is 0.161 e. The van der Waals surface area contributed by atoms with E-state index in [9.17, 15) is 0 Å². The minimum atomic E-state index is 0.710. The zero-order chi connectivity index (χ0) is 18.5. The van der Waals surface area contributed by atoms with Crippen molar-refractivity contribution in [3.05, 3.63) is 64.1 Å². The maximum absolute atomic E-state index is 5.94. The molecule has 0 fully saturated rings. The largest absolute Gasteiger partial charge is 0.493 e. The van der Waals surface area contributed by atoms with Gasteiger partial charge in [0.1, 0.15) is 5.01 Å². The van der Waals surface area contributed by atoms with Crippen molar-refractivity contribution in [2.24, 2.45) is 0 Å². The summed E-state index contributed by atoms with van der Waals surface area (Å²) in [5.41, 5.74) is 3.31. The van der Waals surface area contributed by atoms with E-state index in [2.05, 4.69) is 29.5 Å². The topological polar surface area (TPSA) is 34.6 Å². The number of halogens is 1. The Hall–Kier alpha value is -2.08. The highest BCUT2D eigenvalue weighted by Crippen LogP contribution is 2.33. The lowest BCUT2D eigenvalue weighted by Gasteiger charge is -2.15. The Labute approximate surface area is 163 Å². The average molecular weight is 389 g/mol. The molecule has 26 heavy (non-hydrogen) atoms. The molecular formula is C20H21ClN2O2S. The molecule has 0 atom stereocenters. The highest BCUT2D eigenvalue weighted by Gasteiger charge is 2.11. The summed E-state index contributed by atoms with van der Waals surface area (Å²) in [7, 11) is 5.36. The van der Waals surface area contributed by atoms with E-state index in [4.69, 9.17) is 26.1 Å². The van der Waals surface area contributed by atoms with Gasteiger partial charge in [-0.05, 0) is 42.9 Å². The molecule has 3 rings (SSSR count). The number of rotatable bonds is 7. The van der Waals surface area contributed by atoms with E-state index in [-0.39, 0.29) is 0 Å². The second-order valence-electron chi connectivity index (χ2n) is 6.01. The number of hydrogen-bond donors (Lipinski definition) is 0. The van der Waals surface area contributed by atoms with Crippen molar-refractivity contribution in [3.8, 4) is 22.1 Å². The van der Waals surface area contributed by atoms with Crippen molar-refractivity contribution in [3.63, 3.8) is 0 Å². The second-order valence-corrected chi connectivity index (χ2v) is 7.31. The molecule has 136 valence electrons. The molecule has 0 N–H and O–H groups in total. The summed E-state index contributed by atoms with van der Waals surface area (Å²) < 4.78 is 10.7. The van der Waals surface area contributed by atoms with Gasteiger partial charge in [0.05, 0.1) is 19.9 Å². The lowest BCUT2D eigenvalue weighted by molar-refractivity contribution is 0.316.